The van der Waals surface area contributed by atoms with Gasteiger partial charge in [0.05, 0.1) is 12.8 Å². The number of benzene rings is 3. The van der Waals surface area contributed by atoms with Crippen LogP contribution in [0.15, 0.2) is 78.9 Å². The first kappa shape index (κ1) is 18.4. The van der Waals surface area contributed by atoms with Crippen molar-refractivity contribution in [2.45, 2.75) is 0 Å². The van der Waals surface area contributed by atoms with Crippen LogP contribution in [-0.4, -0.2) is 18.1 Å². The minimum atomic E-state index is -0.214. The second-order valence-corrected chi connectivity index (χ2v) is 6.09. The van der Waals surface area contributed by atoms with Gasteiger partial charge < -0.3 is 20.7 Å². The van der Waals surface area contributed by atoms with Gasteiger partial charge in [0.2, 0.25) is 0 Å². The summed E-state index contributed by atoms with van der Waals surface area (Å²) < 4.78 is 5.37. The molecule has 3 rings (SSSR count). The van der Waals surface area contributed by atoms with Crippen LogP contribution in [0.25, 0.3) is 0 Å². The van der Waals surface area contributed by atoms with E-state index >= 15 is 0 Å². The first-order valence-corrected chi connectivity index (χ1v) is 8.74. The SMILES string of the molecule is COc1ccc(C(=O)Nc2ccccc2)cc1NC(=S)Nc1ccccc1. The number of amides is 1. The molecule has 1 amide bonds. The van der Waals surface area contributed by atoms with Gasteiger partial charge in [-0.05, 0) is 54.7 Å². The van der Waals surface area contributed by atoms with Crippen molar-refractivity contribution in [3.63, 3.8) is 0 Å². The van der Waals surface area contributed by atoms with Crippen molar-refractivity contribution in [1.82, 2.24) is 0 Å². The van der Waals surface area contributed by atoms with Crippen LogP contribution in [0.3, 0.4) is 0 Å². The number of para-hydroxylation sites is 2. The highest BCUT2D eigenvalue weighted by Gasteiger charge is 2.12. The second-order valence-electron chi connectivity index (χ2n) is 5.68. The van der Waals surface area contributed by atoms with Gasteiger partial charge >= 0.3 is 0 Å². The van der Waals surface area contributed by atoms with E-state index in [4.69, 9.17) is 17.0 Å². The highest BCUT2D eigenvalue weighted by Crippen LogP contribution is 2.26. The molecule has 0 fully saturated rings. The highest BCUT2D eigenvalue weighted by molar-refractivity contribution is 7.80. The monoisotopic (exact) mass is 377 g/mol. The summed E-state index contributed by atoms with van der Waals surface area (Å²) in [5, 5.41) is 9.44. The first-order chi connectivity index (χ1) is 13.2. The molecule has 0 atom stereocenters. The largest absolute Gasteiger partial charge is 0.495 e. The number of methoxy groups -OCH3 is 1. The lowest BCUT2D eigenvalue weighted by Gasteiger charge is -2.15. The molecule has 0 heterocycles. The minimum Gasteiger partial charge on any atom is -0.495 e. The molecule has 3 N–H and O–H groups in total. The highest BCUT2D eigenvalue weighted by atomic mass is 32.1. The summed E-state index contributed by atoms with van der Waals surface area (Å²) in [5.41, 5.74) is 2.69. The summed E-state index contributed by atoms with van der Waals surface area (Å²) in [4.78, 5) is 12.5. The van der Waals surface area contributed by atoms with E-state index in [1.54, 1.807) is 25.3 Å². The molecule has 0 aliphatic carbocycles. The molecule has 0 radical (unpaired) electrons. The van der Waals surface area contributed by atoms with Gasteiger partial charge in [-0.15, -0.1) is 0 Å². The van der Waals surface area contributed by atoms with E-state index in [2.05, 4.69) is 16.0 Å². The average Bonchev–Trinajstić information content (AvgIpc) is 2.69. The second kappa shape index (κ2) is 8.82. The molecule has 0 spiro atoms. The Morgan fingerprint density at radius 3 is 2.00 bits per heavy atom. The number of hydrogen-bond acceptors (Lipinski definition) is 3. The first-order valence-electron chi connectivity index (χ1n) is 8.33. The molecule has 0 saturated heterocycles. The lowest BCUT2D eigenvalue weighted by atomic mass is 10.1. The van der Waals surface area contributed by atoms with Crippen LogP contribution in [0.1, 0.15) is 10.4 Å². The van der Waals surface area contributed by atoms with Crippen LogP contribution in [0.4, 0.5) is 17.1 Å². The molecule has 0 unspecified atom stereocenters. The topological polar surface area (TPSA) is 62.4 Å². The Balaban J connectivity index is 1.75. The molecular weight excluding hydrogens is 358 g/mol. The maximum absolute atomic E-state index is 12.5. The fraction of sp³-hybridized carbons (Fsp3) is 0.0476. The maximum atomic E-state index is 12.5. The third kappa shape index (κ3) is 5.05. The van der Waals surface area contributed by atoms with Crippen LogP contribution >= 0.6 is 12.2 Å². The number of carbonyl (C=O) groups is 1. The van der Waals surface area contributed by atoms with E-state index in [-0.39, 0.29) is 5.91 Å². The molecule has 136 valence electrons. The summed E-state index contributed by atoms with van der Waals surface area (Å²) in [6, 6.07) is 24.0. The third-order valence-corrected chi connectivity index (χ3v) is 3.98. The maximum Gasteiger partial charge on any atom is 0.255 e. The van der Waals surface area contributed by atoms with E-state index in [1.807, 2.05) is 60.7 Å². The van der Waals surface area contributed by atoms with Gasteiger partial charge in [-0.3, -0.25) is 4.79 Å². The van der Waals surface area contributed by atoms with Crippen molar-refractivity contribution < 1.29 is 9.53 Å². The number of carbonyl (C=O) groups excluding carboxylic acids is 1. The number of nitrogens with one attached hydrogen (secondary N) is 3. The van der Waals surface area contributed by atoms with Crippen molar-refractivity contribution in [3.8, 4) is 5.75 Å². The number of ether oxygens (including phenoxy) is 1. The zero-order chi connectivity index (χ0) is 19.1. The van der Waals surface area contributed by atoms with Crippen LogP contribution in [0.5, 0.6) is 5.75 Å². The van der Waals surface area contributed by atoms with E-state index in [0.717, 1.165) is 11.4 Å². The molecule has 27 heavy (non-hydrogen) atoms. The molecule has 0 aromatic heterocycles. The quantitative estimate of drug-likeness (QED) is 0.560. The smallest absolute Gasteiger partial charge is 0.255 e. The minimum absolute atomic E-state index is 0.214. The predicted octanol–water partition coefficient (Wildman–Crippen LogP) is 4.76. The fourth-order valence-electron chi connectivity index (χ4n) is 2.48. The van der Waals surface area contributed by atoms with Crippen molar-refractivity contribution >= 4 is 40.3 Å². The summed E-state index contributed by atoms with van der Waals surface area (Å²) in [5.74, 6) is 0.373. The third-order valence-electron chi connectivity index (χ3n) is 3.77. The number of thiocarbonyl (C=S) groups is 1. The molecule has 0 saturated carbocycles. The predicted molar refractivity (Wildman–Crippen MR) is 114 cm³/mol. The van der Waals surface area contributed by atoms with Gasteiger partial charge in [0, 0.05) is 16.9 Å². The molecule has 0 bridgehead atoms. The molecule has 3 aromatic carbocycles. The summed E-state index contributed by atoms with van der Waals surface area (Å²) in [6.07, 6.45) is 0. The zero-order valence-electron chi connectivity index (χ0n) is 14.7. The standard InChI is InChI=1S/C21H19N3O2S/c1-26-19-13-12-15(20(25)22-16-8-4-2-5-9-16)14-18(19)24-21(27)23-17-10-6-3-7-11-17/h2-14H,1H3,(H,22,25)(H2,23,24,27). The van der Waals surface area contributed by atoms with E-state index in [1.165, 1.54) is 0 Å². The lowest BCUT2D eigenvalue weighted by Crippen LogP contribution is -2.20. The molecule has 6 heteroatoms. The Hall–Kier alpha value is -3.38. The molecule has 3 aromatic rings. The van der Waals surface area contributed by atoms with Gasteiger partial charge in [-0.25, -0.2) is 0 Å². The van der Waals surface area contributed by atoms with Gasteiger partial charge in [0.25, 0.3) is 5.91 Å². The molecule has 0 aliphatic rings. The normalized spacial score (nSPS) is 9.96. The summed E-state index contributed by atoms with van der Waals surface area (Å²) in [6.45, 7) is 0. The van der Waals surface area contributed by atoms with Gasteiger partial charge in [-0.1, -0.05) is 36.4 Å². The van der Waals surface area contributed by atoms with E-state index in [9.17, 15) is 4.79 Å². The van der Waals surface area contributed by atoms with Crippen LogP contribution in [-0.2, 0) is 0 Å². The van der Waals surface area contributed by atoms with Crippen molar-refractivity contribution in [2.75, 3.05) is 23.1 Å². The average molecular weight is 377 g/mol. The molecule has 0 aliphatic heterocycles. The fourth-order valence-corrected chi connectivity index (χ4v) is 2.71. The zero-order valence-corrected chi connectivity index (χ0v) is 15.5. The van der Waals surface area contributed by atoms with Crippen LogP contribution in [0, 0.1) is 0 Å². The van der Waals surface area contributed by atoms with Crippen LogP contribution < -0.4 is 20.7 Å². The molecule has 5 nitrogen and oxygen atoms in total. The summed E-state index contributed by atoms with van der Waals surface area (Å²) in [7, 11) is 1.57. The van der Waals surface area contributed by atoms with Gasteiger partial charge in [0.1, 0.15) is 5.75 Å². The summed E-state index contributed by atoms with van der Waals surface area (Å²) >= 11 is 5.36. The lowest BCUT2D eigenvalue weighted by molar-refractivity contribution is 0.102. The Labute approximate surface area is 163 Å². The van der Waals surface area contributed by atoms with Crippen molar-refractivity contribution in [3.05, 3.63) is 84.4 Å². The Morgan fingerprint density at radius 2 is 1.41 bits per heavy atom. The Bertz CT molecular complexity index is 931. The van der Waals surface area contributed by atoms with E-state index < -0.39 is 0 Å². The number of hydrogen-bond donors (Lipinski definition) is 3. The van der Waals surface area contributed by atoms with E-state index in [0.29, 0.717) is 22.1 Å². The van der Waals surface area contributed by atoms with Crippen molar-refractivity contribution in [2.24, 2.45) is 0 Å². The Kier molecular flexibility index (Phi) is 6.02. The number of rotatable bonds is 5. The van der Waals surface area contributed by atoms with Crippen LogP contribution in [0.2, 0.25) is 0 Å². The number of anilines is 3. The Morgan fingerprint density at radius 1 is 0.815 bits per heavy atom. The van der Waals surface area contributed by atoms with Gasteiger partial charge in [0.15, 0.2) is 5.11 Å². The van der Waals surface area contributed by atoms with Crippen molar-refractivity contribution in [1.29, 1.82) is 0 Å². The molecular formula is C21H19N3O2S. The van der Waals surface area contributed by atoms with Gasteiger partial charge in [-0.2, -0.15) is 0 Å².